The number of halogens is 2. The summed E-state index contributed by atoms with van der Waals surface area (Å²) in [6.07, 6.45) is 0. The molecule has 1 unspecified atom stereocenters. The molecule has 20 heavy (non-hydrogen) atoms. The molecule has 1 heterocycles. The zero-order valence-corrected chi connectivity index (χ0v) is 12.4. The molecule has 0 radical (unpaired) electrons. The number of para-hydroxylation sites is 1. The molecule has 0 saturated heterocycles. The Morgan fingerprint density at radius 3 is 2.70 bits per heavy atom. The van der Waals surface area contributed by atoms with Crippen molar-refractivity contribution in [3.63, 3.8) is 0 Å². The van der Waals surface area contributed by atoms with E-state index in [9.17, 15) is 4.39 Å². The van der Waals surface area contributed by atoms with Crippen LogP contribution in [0.15, 0.2) is 51.4 Å². The maximum Gasteiger partial charge on any atom is 0.142 e. The van der Waals surface area contributed by atoms with Crippen molar-refractivity contribution in [3.8, 4) is 0 Å². The number of hydrogen-bond acceptors (Lipinski definition) is 2. The van der Waals surface area contributed by atoms with E-state index in [0.29, 0.717) is 15.8 Å². The third-order valence-electron chi connectivity index (χ3n) is 3.38. The van der Waals surface area contributed by atoms with Gasteiger partial charge in [-0.25, -0.2) is 4.39 Å². The molecular formula is C16H13BrFNO. The molecule has 0 spiro atoms. The minimum atomic E-state index is -0.626. The molecule has 0 aliphatic heterocycles. The van der Waals surface area contributed by atoms with Crippen molar-refractivity contribution in [2.45, 2.75) is 13.0 Å². The van der Waals surface area contributed by atoms with E-state index in [-0.39, 0.29) is 5.82 Å². The Bertz CT molecular complexity index is 781. The Balaban J connectivity index is 2.10. The van der Waals surface area contributed by atoms with Gasteiger partial charge in [-0.1, -0.05) is 30.3 Å². The van der Waals surface area contributed by atoms with Crippen molar-refractivity contribution in [1.82, 2.24) is 0 Å². The van der Waals surface area contributed by atoms with Gasteiger partial charge in [-0.15, -0.1) is 0 Å². The third-order valence-corrected chi connectivity index (χ3v) is 4.00. The van der Waals surface area contributed by atoms with Crippen LogP contribution in [0.3, 0.4) is 0 Å². The molecule has 2 N–H and O–H groups in total. The normalized spacial score (nSPS) is 12.8. The number of aryl methyl sites for hydroxylation is 1. The molecule has 2 nitrogen and oxygen atoms in total. The minimum absolute atomic E-state index is 0.350. The van der Waals surface area contributed by atoms with E-state index in [2.05, 4.69) is 15.9 Å². The van der Waals surface area contributed by atoms with Gasteiger partial charge in [0.05, 0.1) is 10.5 Å². The predicted molar refractivity (Wildman–Crippen MR) is 81.1 cm³/mol. The molecule has 0 saturated carbocycles. The van der Waals surface area contributed by atoms with Gasteiger partial charge in [0.25, 0.3) is 0 Å². The topological polar surface area (TPSA) is 39.2 Å². The van der Waals surface area contributed by atoms with Crippen molar-refractivity contribution >= 4 is 26.9 Å². The molecule has 3 rings (SSSR count). The lowest BCUT2D eigenvalue weighted by molar-refractivity contribution is 0.508. The first-order valence-electron chi connectivity index (χ1n) is 6.26. The number of benzene rings is 2. The lowest BCUT2D eigenvalue weighted by atomic mass is 10.0. The van der Waals surface area contributed by atoms with E-state index in [1.165, 1.54) is 0 Å². The summed E-state index contributed by atoms with van der Waals surface area (Å²) in [6.45, 7) is 1.97. The molecular weight excluding hydrogens is 321 g/mol. The number of hydrogen-bond donors (Lipinski definition) is 1. The highest BCUT2D eigenvalue weighted by atomic mass is 79.9. The maximum absolute atomic E-state index is 14.1. The second-order valence-electron chi connectivity index (χ2n) is 4.76. The molecule has 4 heteroatoms. The molecule has 0 bridgehead atoms. The Kier molecular flexibility index (Phi) is 3.36. The standard InChI is InChI=1S/C16H13BrFNO/c1-9-4-2-5-10-8-13(20-16(9)10)15(19)11-6-3-7-12(17)14(11)18/h2-8,15H,19H2,1H3. The van der Waals surface area contributed by atoms with Crippen LogP contribution in [-0.2, 0) is 0 Å². The monoisotopic (exact) mass is 333 g/mol. The Morgan fingerprint density at radius 1 is 1.20 bits per heavy atom. The van der Waals surface area contributed by atoms with E-state index in [1.54, 1.807) is 18.2 Å². The summed E-state index contributed by atoms with van der Waals surface area (Å²) >= 11 is 3.17. The van der Waals surface area contributed by atoms with Crippen LogP contribution < -0.4 is 5.73 Å². The summed E-state index contributed by atoms with van der Waals surface area (Å²) in [5.41, 5.74) is 8.40. The van der Waals surface area contributed by atoms with Gasteiger partial charge in [0.2, 0.25) is 0 Å². The number of nitrogens with two attached hydrogens (primary N) is 1. The van der Waals surface area contributed by atoms with Gasteiger partial charge in [-0.05, 0) is 40.5 Å². The molecule has 2 aromatic carbocycles. The summed E-state index contributed by atoms with van der Waals surface area (Å²) in [7, 11) is 0. The highest BCUT2D eigenvalue weighted by molar-refractivity contribution is 9.10. The van der Waals surface area contributed by atoms with E-state index < -0.39 is 6.04 Å². The van der Waals surface area contributed by atoms with Crippen LogP contribution in [0.4, 0.5) is 4.39 Å². The molecule has 0 amide bonds. The average molecular weight is 334 g/mol. The van der Waals surface area contributed by atoms with Crippen LogP contribution in [0.2, 0.25) is 0 Å². The summed E-state index contributed by atoms with van der Waals surface area (Å²) in [5.74, 6) is 0.212. The van der Waals surface area contributed by atoms with Gasteiger partial charge in [0.1, 0.15) is 17.2 Å². The van der Waals surface area contributed by atoms with Gasteiger partial charge < -0.3 is 10.2 Å². The fourth-order valence-electron chi connectivity index (χ4n) is 2.30. The van der Waals surface area contributed by atoms with Gasteiger partial charge >= 0.3 is 0 Å². The Hall–Kier alpha value is -1.65. The van der Waals surface area contributed by atoms with Crippen molar-refractivity contribution < 1.29 is 8.81 Å². The first-order valence-corrected chi connectivity index (χ1v) is 7.06. The van der Waals surface area contributed by atoms with Crippen LogP contribution in [0.25, 0.3) is 11.0 Å². The van der Waals surface area contributed by atoms with Crippen molar-refractivity contribution in [1.29, 1.82) is 0 Å². The fraction of sp³-hybridized carbons (Fsp3) is 0.125. The van der Waals surface area contributed by atoms with E-state index >= 15 is 0 Å². The summed E-state index contributed by atoms with van der Waals surface area (Å²) in [6, 6.07) is 12.2. The first-order chi connectivity index (χ1) is 9.58. The largest absolute Gasteiger partial charge is 0.459 e. The molecule has 102 valence electrons. The zero-order valence-electron chi connectivity index (χ0n) is 10.9. The van der Waals surface area contributed by atoms with Crippen LogP contribution >= 0.6 is 15.9 Å². The lowest BCUT2D eigenvalue weighted by Crippen LogP contribution is -2.12. The van der Waals surface area contributed by atoms with Gasteiger partial charge in [-0.2, -0.15) is 0 Å². The van der Waals surface area contributed by atoms with Gasteiger partial charge in [0, 0.05) is 10.9 Å². The number of rotatable bonds is 2. The SMILES string of the molecule is Cc1cccc2cc(C(N)c3cccc(Br)c3F)oc12. The Labute approximate surface area is 124 Å². The van der Waals surface area contributed by atoms with Gasteiger partial charge in [-0.3, -0.25) is 0 Å². The van der Waals surface area contributed by atoms with Crippen LogP contribution in [-0.4, -0.2) is 0 Å². The van der Waals surface area contributed by atoms with E-state index in [0.717, 1.165) is 16.5 Å². The molecule has 1 atom stereocenters. The van der Waals surface area contributed by atoms with Gasteiger partial charge in [0.15, 0.2) is 0 Å². The Morgan fingerprint density at radius 2 is 1.95 bits per heavy atom. The highest BCUT2D eigenvalue weighted by Crippen LogP contribution is 2.31. The van der Waals surface area contributed by atoms with Crippen molar-refractivity contribution in [2.75, 3.05) is 0 Å². The maximum atomic E-state index is 14.1. The fourth-order valence-corrected chi connectivity index (χ4v) is 2.68. The molecule has 0 aliphatic carbocycles. The smallest absolute Gasteiger partial charge is 0.142 e. The number of furan rings is 1. The average Bonchev–Trinajstić information content (AvgIpc) is 2.87. The summed E-state index contributed by atoms with van der Waals surface area (Å²) in [4.78, 5) is 0. The molecule has 0 aliphatic rings. The molecule has 1 aromatic heterocycles. The third kappa shape index (κ3) is 2.15. The molecule has 0 fully saturated rings. The van der Waals surface area contributed by atoms with Crippen LogP contribution in [0.5, 0.6) is 0 Å². The summed E-state index contributed by atoms with van der Waals surface area (Å²) < 4.78 is 20.3. The quantitative estimate of drug-likeness (QED) is 0.738. The first kappa shape index (κ1) is 13.3. The van der Waals surface area contributed by atoms with Crippen LogP contribution in [0, 0.1) is 12.7 Å². The highest BCUT2D eigenvalue weighted by Gasteiger charge is 2.19. The molecule has 3 aromatic rings. The van der Waals surface area contributed by atoms with Crippen molar-refractivity contribution in [3.05, 3.63) is 69.6 Å². The summed E-state index contributed by atoms with van der Waals surface area (Å²) in [5, 5.41) is 0.978. The predicted octanol–water partition coefficient (Wildman–Crippen LogP) is 4.69. The van der Waals surface area contributed by atoms with E-state index in [4.69, 9.17) is 10.2 Å². The lowest BCUT2D eigenvalue weighted by Gasteiger charge is -2.11. The second-order valence-corrected chi connectivity index (χ2v) is 5.62. The minimum Gasteiger partial charge on any atom is -0.459 e. The van der Waals surface area contributed by atoms with E-state index in [1.807, 2.05) is 31.2 Å². The van der Waals surface area contributed by atoms with Crippen LogP contribution in [0.1, 0.15) is 22.9 Å². The van der Waals surface area contributed by atoms with Crippen molar-refractivity contribution in [2.24, 2.45) is 5.73 Å². The number of fused-ring (bicyclic) bond motifs is 1. The zero-order chi connectivity index (χ0) is 14.3. The second kappa shape index (κ2) is 5.04.